The molecule has 0 bridgehead atoms. The van der Waals surface area contributed by atoms with Gasteiger partial charge in [0.1, 0.15) is 17.6 Å². The van der Waals surface area contributed by atoms with E-state index in [2.05, 4.69) is 21.4 Å². The van der Waals surface area contributed by atoms with Crippen molar-refractivity contribution in [3.05, 3.63) is 112 Å². The van der Waals surface area contributed by atoms with Crippen LogP contribution >= 0.6 is 0 Å². The van der Waals surface area contributed by atoms with Gasteiger partial charge in [-0.15, -0.1) is 0 Å². The fourth-order valence-corrected chi connectivity index (χ4v) is 5.54. The summed E-state index contributed by atoms with van der Waals surface area (Å²) in [4.78, 5) is 36.0. The Balaban J connectivity index is 1.55. The van der Waals surface area contributed by atoms with Crippen LogP contribution < -0.4 is 10.1 Å². The van der Waals surface area contributed by atoms with Crippen molar-refractivity contribution in [2.24, 2.45) is 0 Å². The zero-order valence-corrected chi connectivity index (χ0v) is 22.8. The molecule has 0 spiro atoms. The molecule has 0 aliphatic carbocycles. The molecule has 1 unspecified atom stereocenters. The van der Waals surface area contributed by atoms with Crippen molar-refractivity contribution in [2.45, 2.75) is 45.7 Å². The Bertz CT molecular complexity index is 1520. The summed E-state index contributed by atoms with van der Waals surface area (Å²) in [5.41, 5.74) is 5.65. The molecule has 5 rings (SSSR count). The monoisotopic (exact) mass is 540 g/mol. The maximum absolute atomic E-state index is 13.7. The third-order valence-electron chi connectivity index (χ3n) is 7.53. The van der Waals surface area contributed by atoms with Gasteiger partial charge in [-0.1, -0.05) is 29.8 Å². The van der Waals surface area contributed by atoms with Crippen LogP contribution in [0.25, 0.3) is 0 Å². The highest BCUT2D eigenvalue weighted by molar-refractivity contribution is 5.91. The number of carboxylic acids is 1. The molecule has 0 fully saturated rings. The van der Waals surface area contributed by atoms with Gasteiger partial charge in [-0.2, -0.15) is 0 Å². The lowest BCUT2D eigenvalue weighted by atomic mass is 9.75. The minimum absolute atomic E-state index is 0.108. The third kappa shape index (κ3) is 5.27. The first-order chi connectivity index (χ1) is 19.3. The number of nitrogens with zero attached hydrogens (tertiary/aromatic N) is 3. The number of aromatic nitrogens is 2. The maximum Gasteiger partial charge on any atom is 0.339 e. The second-order valence-corrected chi connectivity index (χ2v) is 10.2. The number of pyridine rings is 1. The zero-order chi connectivity index (χ0) is 28.3. The van der Waals surface area contributed by atoms with Crippen molar-refractivity contribution in [1.82, 2.24) is 20.2 Å². The minimum Gasteiger partial charge on any atom is -0.492 e. The van der Waals surface area contributed by atoms with Crippen LogP contribution in [0.1, 0.15) is 56.4 Å². The Labute approximate surface area is 232 Å². The number of rotatable bonds is 8. The van der Waals surface area contributed by atoms with Gasteiger partial charge >= 0.3 is 12.0 Å². The van der Waals surface area contributed by atoms with Crippen LogP contribution in [0.15, 0.2) is 71.9 Å². The number of hydrogen-bond donors (Lipinski definition) is 2. The molecule has 0 radical (unpaired) electrons. The molecule has 2 aromatic heterocycles. The average molecular weight is 541 g/mol. The number of hydrogen-bond acceptors (Lipinski definition) is 6. The third-order valence-corrected chi connectivity index (χ3v) is 7.53. The topological polar surface area (TPSA) is 118 Å². The summed E-state index contributed by atoms with van der Waals surface area (Å²) in [5.74, 6) is -0.781. The van der Waals surface area contributed by atoms with Gasteiger partial charge in [-0.3, -0.25) is 4.98 Å². The number of benzene rings is 2. The Morgan fingerprint density at radius 1 is 1.18 bits per heavy atom. The number of aromatic carboxylic acids is 1. The zero-order valence-electron chi connectivity index (χ0n) is 22.8. The highest BCUT2D eigenvalue weighted by Gasteiger charge is 2.44. The number of urea groups is 1. The van der Waals surface area contributed by atoms with Gasteiger partial charge in [0.2, 0.25) is 0 Å². The van der Waals surface area contributed by atoms with Crippen LogP contribution in [-0.2, 0) is 24.9 Å². The standard InChI is InChI=1S/C31H32N4O5/c1-20-6-7-26(21(2)13-20)31(3)27-15-28(40-12-9-22-5-4-10-32-16-22)25(29(36)37)14-23(27)8-11-35(31)30(38)33-17-24-18-39-19-34-24/h4-7,10,13-16,18-19H,8-9,11-12,17H2,1-3H3,(H,33,38)(H,36,37). The highest BCUT2D eigenvalue weighted by atomic mass is 16.5. The number of aryl methyl sites for hydroxylation is 2. The first kappa shape index (κ1) is 26.9. The molecule has 2 aromatic carbocycles. The Morgan fingerprint density at radius 2 is 2.02 bits per heavy atom. The molecule has 3 heterocycles. The molecule has 1 atom stereocenters. The van der Waals surface area contributed by atoms with Crippen LogP contribution in [0.2, 0.25) is 0 Å². The Kier molecular flexibility index (Phi) is 7.55. The summed E-state index contributed by atoms with van der Waals surface area (Å²) in [6.07, 6.45) is 7.38. The number of fused-ring (bicyclic) bond motifs is 1. The van der Waals surface area contributed by atoms with Gasteiger partial charge in [-0.05, 0) is 73.2 Å². The smallest absolute Gasteiger partial charge is 0.339 e. The molecule has 9 nitrogen and oxygen atoms in total. The SMILES string of the molecule is Cc1ccc(C2(C)c3cc(OCCc4cccnc4)c(C(=O)O)cc3CCN2C(=O)NCc2cocn2)c(C)c1. The summed E-state index contributed by atoms with van der Waals surface area (Å²) in [6.45, 7) is 6.99. The highest BCUT2D eigenvalue weighted by Crippen LogP contribution is 2.44. The molecule has 1 aliphatic heterocycles. The van der Waals surface area contributed by atoms with Crippen LogP contribution in [0.4, 0.5) is 4.79 Å². The molecule has 9 heteroatoms. The molecule has 40 heavy (non-hydrogen) atoms. The summed E-state index contributed by atoms with van der Waals surface area (Å²) in [5, 5.41) is 13.0. The van der Waals surface area contributed by atoms with Crippen molar-refractivity contribution >= 4 is 12.0 Å². The number of ether oxygens (including phenoxy) is 1. The van der Waals surface area contributed by atoms with Gasteiger partial charge in [-0.25, -0.2) is 14.6 Å². The van der Waals surface area contributed by atoms with E-state index in [1.54, 1.807) is 24.5 Å². The normalized spacial score (nSPS) is 16.3. The van der Waals surface area contributed by atoms with E-state index in [0.717, 1.165) is 33.4 Å². The number of amides is 2. The molecule has 4 aromatic rings. The summed E-state index contributed by atoms with van der Waals surface area (Å²) in [7, 11) is 0. The van der Waals surface area contributed by atoms with E-state index < -0.39 is 11.5 Å². The van der Waals surface area contributed by atoms with E-state index in [-0.39, 0.29) is 30.5 Å². The Morgan fingerprint density at radius 3 is 2.73 bits per heavy atom. The molecule has 206 valence electrons. The molecule has 0 saturated carbocycles. The summed E-state index contributed by atoms with van der Waals surface area (Å²) < 4.78 is 11.1. The first-order valence-corrected chi connectivity index (χ1v) is 13.2. The number of carbonyl (C=O) groups excluding carboxylic acids is 1. The lowest BCUT2D eigenvalue weighted by molar-refractivity contribution is 0.0691. The average Bonchev–Trinajstić information content (AvgIpc) is 3.46. The van der Waals surface area contributed by atoms with Gasteiger partial charge in [0.05, 0.1) is 24.4 Å². The van der Waals surface area contributed by atoms with Crippen molar-refractivity contribution in [2.75, 3.05) is 13.2 Å². The molecule has 1 aliphatic rings. The predicted molar refractivity (Wildman–Crippen MR) is 148 cm³/mol. The van der Waals surface area contributed by atoms with E-state index in [4.69, 9.17) is 9.15 Å². The quantitative estimate of drug-likeness (QED) is 0.322. The number of nitrogens with one attached hydrogen (secondary N) is 1. The van der Waals surface area contributed by atoms with Crippen molar-refractivity contribution in [3.8, 4) is 5.75 Å². The van der Waals surface area contributed by atoms with Crippen molar-refractivity contribution < 1.29 is 23.8 Å². The number of carboxylic acid groups (broad SMARTS) is 1. The lowest BCUT2D eigenvalue weighted by Gasteiger charge is -2.47. The fourth-order valence-electron chi connectivity index (χ4n) is 5.54. The van der Waals surface area contributed by atoms with Gasteiger partial charge < -0.3 is 24.5 Å². The molecule has 0 saturated heterocycles. The number of carbonyl (C=O) groups is 2. The molecule has 2 amide bonds. The van der Waals surface area contributed by atoms with Gasteiger partial charge in [0.15, 0.2) is 6.39 Å². The van der Waals surface area contributed by atoms with E-state index in [0.29, 0.717) is 25.1 Å². The second-order valence-electron chi connectivity index (χ2n) is 10.2. The minimum atomic E-state index is -1.06. The largest absolute Gasteiger partial charge is 0.492 e. The summed E-state index contributed by atoms with van der Waals surface area (Å²) >= 11 is 0. The second kappa shape index (κ2) is 11.2. The predicted octanol–water partition coefficient (Wildman–Crippen LogP) is 5.04. The van der Waals surface area contributed by atoms with Gasteiger partial charge in [0, 0.05) is 25.4 Å². The maximum atomic E-state index is 13.7. The summed E-state index contributed by atoms with van der Waals surface area (Å²) in [6, 6.07) is 13.2. The first-order valence-electron chi connectivity index (χ1n) is 13.2. The van der Waals surface area contributed by atoms with Crippen LogP contribution in [0.5, 0.6) is 5.75 Å². The van der Waals surface area contributed by atoms with Crippen LogP contribution in [-0.4, -0.2) is 45.1 Å². The van der Waals surface area contributed by atoms with E-state index in [9.17, 15) is 14.7 Å². The lowest BCUT2D eigenvalue weighted by Crippen LogP contribution is -2.55. The van der Waals surface area contributed by atoms with Crippen molar-refractivity contribution in [1.29, 1.82) is 0 Å². The van der Waals surface area contributed by atoms with E-state index >= 15 is 0 Å². The number of oxazole rings is 1. The molecular formula is C31H32N4O5. The fraction of sp³-hybridized carbons (Fsp3) is 0.290. The van der Waals surface area contributed by atoms with Crippen molar-refractivity contribution in [3.63, 3.8) is 0 Å². The molecular weight excluding hydrogens is 508 g/mol. The van der Waals surface area contributed by atoms with E-state index in [1.807, 2.05) is 49.9 Å². The van der Waals surface area contributed by atoms with Gasteiger partial charge in [0.25, 0.3) is 0 Å². The Hall–Kier alpha value is -4.66. The van der Waals surface area contributed by atoms with Crippen LogP contribution in [0, 0.1) is 13.8 Å². The van der Waals surface area contributed by atoms with Crippen LogP contribution in [0.3, 0.4) is 0 Å². The van der Waals surface area contributed by atoms with E-state index in [1.165, 1.54) is 12.7 Å². The molecule has 2 N–H and O–H groups in total.